The molecule has 31 heavy (non-hydrogen) atoms. The van der Waals surface area contributed by atoms with E-state index in [2.05, 4.69) is 26.2 Å². The smallest absolute Gasteiger partial charge is 0.344 e. The second-order valence-electron chi connectivity index (χ2n) is 6.06. The normalized spacial score (nSPS) is 10.3. The van der Waals surface area contributed by atoms with Crippen molar-refractivity contribution < 1.29 is 28.5 Å². The highest BCUT2D eigenvalue weighted by atomic mass is 79.9. The molecule has 0 aliphatic heterocycles. The van der Waals surface area contributed by atoms with Gasteiger partial charge in [-0.25, -0.2) is 9.78 Å². The maximum atomic E-state index is 12.1. The Balaban J connectivity index is 1.49. The van der Waals surface area contributed by atoms with E-state index in [0.29, 0.717) is 28.1 Å². The summed E-state index contributed by atoms with van der Waals surface area (Å²) in [4.78, 5) is 28.2. The van der Waals surface area contributed by atoms with E-state index in [1.165, 1.54) is 11.3 Å². The van der Waals surface area contributed by atoms with E-state index in [1.54, 1.807) is 49.9 Å². The van der Waals surface area contributed by atoms with Crippen molar-refractivity contribution in [3.8, 4) is 28.5 Å². The van der Waals surface area contributed by atoms with Gasteiger partial charge in [0.25, 0.3) is 5.91 Å². The van der Waals surface area contributed by atoms with Crippen LogP contribution >= 0.6 is 27.3 Å². The molecule has 10 heteroatoms. The highest BCUT2D eigenvalue weighted by molar-refractivity contribution is 9.10. The first-order chi connectivity index (χ1) is 15.0. The molecule has 1 N–H and O–H groups in total. The van der Waals surface area contributed by atoms with Crippen LogP contribution in [-0.4, -0.2) is 44.3 Å². The summed E-state index contributed by atoms with van der Waals surface area (Å²) < 4.78 is 21.6. The maximum Gasteiger partial charge on any atom is 0.344 e. The Labute approximate surface area is 191 Å². The van der Waals surface area contributed by atoms with Crippen molar-refractivity contribution in [3.05, 3.63) is 52.3 Å². The minimum Gasteiger partial charge on any atom is -0.493 e. The van der Waals surface area contributed by atoms with Gasteiger partial charge in [-0.3, -0.25) is 10.1 Å². The Kier molecular flexibility index (Phi) is 7.85. The van der Waals surface area contributed by atoms with Gasteiger partial charge in [0.1, 0.15) is 5.75 Å². The number of thiazole rings is 1. The van der Waals surface area contributed by atoms with Crippen molar-refractivity contribution >= 4 is 44.3 Å². The first kappa shape index (κ1) is 22.6. The molecule has 0 aliphatic rings. The van der Waals surface area contributed by atoms with Crippen molar-refractivity contribution in [3.63, 3.8) is 0 Å². The Bertz CT molecular complexity index is 1070. The zero-order valence-electron chi connectivity index (χ0n) is 16.7. The third-order valence-electron chi connectivity index (χ3n) is 3.95. The summed E-state index contributed by atoms with van der Waals surface area (Å²) in [6.07, 6.45) is 0. The highest BCUT2D eigenvalue weighted by Gasteiger charge is 2.13. The third kappa shape index (κ3) is 6.43. The van der Waals surface area contributed by atoms with Crippen LogP contribution in [0.5, 0.6) is 17.2 Å². The molecule has 3 rings (SSSR count). The van der Waals surface area contributed by atoms with Gasteiger partial charge < -0.3 is 18.9 Å². The van der Waals surface area contributed by atoms with Crippen molar-refractivity contribution in [2.45, 2.75) is 0 Å². The molecule has 1 heterocycles. The minimum absolute atomic E-state index is 0.301. The monoisotopic (exact) mass is 506 g/mol. The summed E-state index contributed by atoms with van der Waals surface area (Å²) in [5.41, 5.74) is 1.48. The van der Waals surface area contributed by atoms with Crippen molar-refractivity contribution in [2.75, 3.05) is 32.8 Å². The van der Waals surface area contributed by atoms with Gasteiger partial charge in [-0.1, -0.05) is 22.0 Å². The first-order valence-electron chi connectivity index (χ1n) is 9.00. The fraction of sp³-hybridized carbons (Fsp3) is 0.190. The molecular weight excluding hydrogens is 488 g/mol. The van der Waals surface area contributed by atoms with E-state index in [-0.39, 0.29) is 6.61 Å². The lowest BCUT2D eigenvalue weighted by Crippen LogP contribution is -2.23. The number of nitrogens with one attached hydrogen (secondary N) is 1. The molecular formula is C21H19BrN2O6S. The van der Waals surface area contributed by atoms with Crippen LogP contribution in [0.2, 0.25) is 0 Å². The number of esters is 1. The Morgan fingerprint density at radius 2 is 1.87 bits per heavy atom. The molecule has 0 saturated carbocycles. The van der Waals surface area contributed by atoms with Gasteiger partial charge in [0, 0.05) is 15.4 Å². The number of nitrogens with zero attached hydrogens (tertiary/aromatic N) is 1. The van der Waals surface area contributed by atoms with Crippen molar-refractivity contribution in [2.24, 2.45) is 0 Å². The maximum absolute atomic E-state index is 12.1. The van der Waals surface area contributed by atoms with Crippen LogP contribution in [0, 0.1) is 0 Å². The van der Waals surface area contributed by atoms with Crippen molar-refractivity contribution in [1.29, 1.82) is 0 Å². The zero-order valence-corrected chi connectivity index (χ0v) is 19.1. The number of carbonyl (C=O) groups is 2. The molecule has 1 aromatic heterocycles. The summed E-state index contributed by atoms with van der Waals surface area (Å²) >= 11 is 4.57. The standard InChI is InChI=1S/C21H19BrN2O6S/c1-27-17-7-6-13(8-18(17)28-2)16-12-31-21(23-16)24-19(25)10-30-20(26)11-29-15-5-3-4-14(22)9-15/h3-9,12H,10-11H2,1-2H3,(H,23,24,25). The minimum atomic E-state index is -0.653. The molecule has 8 nitrogen and oxygen atoms in total. The van der Waals surface area contributed by atoms with E-state index in [9.17, 15) is 9.59 Å². The summed E-state index contributed by atoms with van der Waals surface area (Å²) in [6.45, 7) is -0.740. The van der Waals surface area contributed by atoms with E-state index in [4.69, 9.17) is 18.9 Å². The van der Waals surface area contributed by atoms with Gasteiger partial charge in [0.15, 0.2) is 29.8 Å². The number of anilines is 1. The van der Waals surface area contributed by atoms with Crippen LogP contribution in [0.25, 0.3) is 11.3 Å². The fourth-order valence-electron chi connectivity index (χ4n) is 2.50. The van der Waals surface area contributed by atoms with Gasteiger partial charge in [-0.15, -0.1) is 11.3 Å². The molecule has 162 valence electrons. The number of carbonyl (C=O) groups excluding carboxylic acids is 2. The molecule has 2 aromatic carbocycles. The third-order valence-corrected chi connectivity index (χ3v) is 5.20. The number of rotatable bonds is 9. The average Bonchev–Trinajstić information content (AvgIpc) is 3.24. The fourth-order valence-corrected chi connectivity index (χ4v) is 3.62. The Morgan fingerprint density at radius 1 is 1.06 bits per heavy atom. The summed E-state index contributed by atoms with van der Waals surface area (Å²) in [5.74, 6) is 0.557. The van der Waals surface area contributed by atoms with E-state index < -0.39 is 18.5 Å². The lowest BCUT2D eigenvalue weighted by Gasteiger charge is -2.08. The van der Waals surface area contributed by atoms with Crippen LogP contribution in [0.15, 0.2) is 52.3 Å². The predicted octanol–water partition coefficient (Wildman–Crippen LogP) is 4.15. The SMILES string of the molecule is COc1ccc(-c2csc(NC(=O)COC(=O)COc3cccc(Br)c3)n2)cc1OC. The van der Waals surface area contributed by atoms with Crippen LogP contribution in [0.4, 0.5) is 5.13 Å². The number of benzene rings is 2. The molecule has 0 unspecified atom stereocenters. The van der Waals surface area contributed by atoms with Gasteiger partial charge in [-0.05, 0) is 36.4 Å². The van der Waals surface area contributed by atoms with Crippen LogP contribution in [0.3, 0.4) is 0 Å². The number of halogens is 1. The molecule has 0 bridgehead atoms. The molecule has 0 saturated heterocycles. The van der Waals surface area contributed by atoms with Crippen LogP contribution in [0.1, 0.15) is 0 Å². The summed E-state index contributed by atoms with van der Waals surface area (Å²) in [6, 6.07) is 12.5. The zero-order chi connectivity index (χ0) is 22.2. The quantitative estimate of drug-likeness (QED) is 0.435. The van der Waals surface area contributed by atoms with Gasteiger partial charge in [-0.2, -0.15) is 0 Å². The van der Waals surface area contributed by atoms with Gasteiger partial charge >= 0.3 is 5.97 Å². The second kappa shape index (κ2) is 10.8. The number of ether oxygens (including phenoxy) is 4. The van der Waals surface area contributed by atoms with E-state index >= 15 is 0 Å². The molecule has 0 atom stereocenters. The Morgan fingerprint density at radius 3 is 2.61 bits per heavy atom. The number of methoxy groups -OCH3 is 2. The highest BCUT2D eigenvalue weighted by Crippen LogP contribution is 2.33. The lowest BCUT2D eigenvalue weighted by atomic mass is 10.1. The lowest BCUT2D eigenvalue weighted by molar-refractivity contribution is -0.149. The molecule has 3 aromatic rings. The number of amides is 1. The largest absolute Gasteiger partial charge is 0.493 e. The molecule has 1 amide bonds. The number of hydrogen-bond donors (Lipinski definition) is 1. The van der Waals surface area contributed by atoms with Gasteiger partial charge in [0.05, 0.1) is 19.9 Å². The van der Waals surface area contributed by atoms with E-state index in [0.717, 1.165) is 10.0 Å². The Hall–Kier alpha value is -3.11. The van der Waals surface area contributed by atoms with Crippen LogP contribution in [-0.2, 0) is 14.3 Å². The average molecular weight is 507 g/mol. The number of hydrogen-bond acceptors (Lipinski definition) is 8. The van der Waals surface area contributed by atoms with Crippen molar-refractivity contribution in [1.82, 2.24) is 4.98 Å². The number of aromatic nitrogens is 1. The second-order valence-corrected chi connectivity index (χ2v) is 7.84. The topological polar surface area (TPSA) is 96.0 Å². The molecule has 0 radical (unpaired) electrons. The first-order valence-corrected chi connectivity index (χ1v) is 10.7. The predicted molar refractivity (Wildman–Crippen MR) is 120 cm³/mol. The van der Waals surface area contributed by atoms with E-state index in [1.807, 2.05) is 12.1 Å². The summed E-state index contributed by atoms with van der Waals surface area (Å²) in [5, 5.41) is 4.79. The summed E-state index contributed by atoms with van der Waals surface area (Å²) in [7, 11) is 3.12. The molecule has 0 aliphatic carbocycles. The molecule has 0 fully saturated rings. The van der Waals surface area contributed by atoms with Crippen LogP contribution < -0.4 is 19.5 Å². The molecule has 0 spiro atoms. The van der Waals surface area contributed by atoms with Gasteiger partial charge in [0.2, 0.25) is 0 Å².